The Hall–Kier alpha value is -1.02. The molecular weight excluding hydrogens is 220 g/mol. The predicted octanol–water partition coefficient (Wildman–Crippen LogP) is 3.13. The number of nitrogens with one attached hydrogen (secondary N) is 1. The highest BCUT2D eigenvalue weighted by molar-refractivity contribution is 5.56. The van der Waals surface area contributed by atoms with Crippen molar-refractivity contribution in [3.05, 3.63) is 29.3 Å². The van der Waals surface area contributed by atoms with Crippen LogP contribution >= 0.6 is 0 Å². The standard InChI is InChI=1S/C16H26N2/c1-12-6-7-15(14(3)8-12)18-10-13(2)9-17-11-16(18,4)5/h6-8,13,17H,9-11H2,1-5H3. The number of hydrogen-bond donors (Lipinski definition) is 1. The number of aryl methyl sites for hydroxylation is 2. The smallest absolute Gasteiger partial charge is 0.0470 e. The van der Waals surface area contributed by atoms with Gasteiger partial charge in [-0.3, -0.25) is 0 Å². The van der Waals surface area contributed by atoms with Crippen LogP contribution in [-0.4, -0.2) is 25.2 Å². The largest absolute Gasteiger partial charge is 0.365 e. The molecule has 1 heterocycles. The third-order valence-corrected chi connectivity index (χ3v) is 3.92. The van der Waals surface area contributed by atoms with Gasteiger partial charge >= 0.3 is 0 Å². The van der Waals surface area contributed by atoms with Crippen molar-refractivity contribution in [2.75, 3.05) is 24.5 Å². The molecule has 1 unspecified atom stereocenters. The maximum Gasteiger partial charge on any atom is 0.0470 e. The molecular formula is C16H26N2. The first-order valence-electron chi connectivity index (χ1n) is 6.96. The van der Waals surface area contributed by atoms with Gasteiger partial charge < -0.3 is 10.2 Å². The summed E-state index contributed by atoms with van der Waals surface area (Å²) in [6.07, 6.45) is 0. The average Bonchev–Trinajstić information content (AvgIpc) is 2.38. The second-order valence-electron chi connectivity index (χ2n) is 6.45. The Kier molecular flexibility index (Phi) is 3.67. The van der Waals surface area contributed by atoms with E-state index in [2.05, 4.69) is 63.0 Å². The lowest BCUT2D eigenvalue weighted by Crippen LogP contribution is -2.49. The van der Waals surface area contributed by atoms with E-state index in [1.165, 1.54) is 16.8 Å². The quantitative estimate of drug-likeness (QED) is 0.819. The molecule has 2 heteroatoms. The van der Waals surface area contributed by atoms with Crippen molar-refractivity contribution in [3.63, 3.8) is 0 Å². The van der Waals surface area contributed by atoms with Gasteiger partial charge in [-0.25, -0.2) is 0 Å². The van der Waals surface area contributed by atoms with E-state index >= 15 is 0 Å². The maximum absolute atomic E-state index is 3.58. The first-order chi connectivity index (χ1) is 8.40. The van der Waals surface area contributed by atoms with E-state index in [1.54, 1.807) is 0 Å². The molecule has 1 aliphatic rings. The van der Waals surface area contributed by atoms with Crippen LogP contribution in [0.1, 0.15) is 31.9 Å². The normalized spacial score (nSPS) is 23.8. The molecule has 0 spiro atoms. The van der Waals surface area contributed by atoms with E-state index in [1.807, 2.05) is 0 Å². The minimum absolute atomic E-state index is 0.171. The van der Waals surface area contributed by atoms with Gasteiger partial charge in [0.25, 0.3) is 0 Å². The lowest BCUT2D eigenvalue weighted by Gasteiger charge is -2.40. The topological polar surface area (TPSA) is 15.3 Å². The summed E-state index contributed by atoms with van der Waals surface area (Å²) in [7, 11) is 0. The van der Waals surface area contributed by atoms with E-state index in [4.69, 9.17) is 0 Å². The molecule has 0 radical (unpaired) electrons. The summed E-state index contributed by atoms with van der Waals surface area (Å²) >= 11 is 0. The van der Waals surface area contributed by atoms with Crippen LogP contribution in [0.5, 0.6) is 0 Å². The van der Waals surface area contributed by atoms with Crippen LogP contribution < -0.4 is 10.2 Å². The van der Waals surface area contributed by atoms with Crippen molar-refractivity contribution in [2.24, 2.45) is 5.92 Å². The highest BCUT2D eigenvalue weighted by Crippen LogP contribution is 2.30. The third-order valence-electron chi connectivity index (χ3n) is 3.92. The van der Waals surface area contributed by atoms with E-state index in [0.717, 1.165) is 19.6 Å². The van der Waals surface area contributed by atoms with Gasteiger partial charge in [-0.05, 0) is 51.8 Å². The summed E-state index contributed by atoms with van der Waals surface area (Å²) in [5.74, 6) is 0.687. The van der Waals surface area contributed by atoms with Crippen molar-refractivity contribution in [2.45, 2.75) is 40.2 Å². The van der Waals surface area contributed by atoms with E-state index in [0.29, 0.717) is 5.92 Å². The molecule has 18 heavy (non-hydrogen) atoms. The van der Waals surface area contributed by atoms with E-state index in [9.17, 15) is 0 Å². The summed E-state index contributed by atoms with van der Waals surface area (Å²) in [6, 6.07) is 6.79. The molecule has 1 saturated heterocycles. The van der Waals surface area contributed by atoms with Crippen LogP contribution in [0.2, 0.25) is 0 Å². The van der Waals surface area contributed by atoms with Gasteiger partial charge in [-0.1, -0.05) is 24.6 Å². The summed E-state index contributed by atoms with van der Waals surface area (Å²) < 4.78 is 0. The lowest BCUT2D eigenvalue weighted by atomic mass is 9.99. The van der Waals surface area contributed by atoms with Crippen molar-refractivity contribution in [1.82, 2.24) is 5.32 Å². The summed E-state index contributed by atoms with van der Waals surface area (Å²) in [5.41, 5.74) is 4.29. The van der Waals surface area contributed by atoms with Gasteiger partial charge in [0, 0.05) is 24.3 Å². The predicted molar refractivity (Wildman–Crippen MR) is 79.4 cm³/mol. The SMILES string of the molecule is Cc1ccc(N2CC(C)CNCC2(C)C)c(C)c1. The zero-order valence-corrected chi connectivity index (χ0v) is 12.4. The van der Waals surface area contributed by atoms with Gasteiger partial charge in [0.05, 0.1) is 0 Å². The van der Waals surface area contributed by atoms with Gasteiger partial charge in [-0.2, -0.15) is 0 Å². The Morgan fingerprint density at radius 2 is 2.00 bits per heavy atom. The summed E-state index contributed by atoms with van der Waals surface area (Å²) in [6.45, 7) is 14.7. The molecule has 1 aromatic carbocycles. The molecule has 0 aliphatic carbocycles. The molecule has 0 saturated carbocycles. The highest BCUT2D eigenvalue weighted by Gasteiger charge is 2.31. The van der Waals surface area contributed by atoms with Crippen molar-refractivity contribution >= 4 is 5.69 Å². The molecule has 1 atom stereocenters. The molecule has 100 valence electrons. The number of nitrogens with zero attached hydrogens (tertiary/aromatic N) is 1. The summed E-state index contributed by atoms with van der Waals surface area (Å²) in [5, 5.41) is 3.58. The fraction of sp³-hybridized carbons (Fsp3) is 0.625. The summed E-state index contributed by atoms with van der Waals surface area (Å²) in [4.78, 5) is 2.58. The zero-order chi connectivity index (χ0) is 13.3. The number of benzene rings is 1. The number of hydrogen-bond acceptors (Lipinski definition) is 2. The molecule has 1 aliphatic heterocycles. The number of anilines is 1. The molecule has 0 bridgehead atoms. The zero-order valence-electron chi connectivity index (χ0n) is 12.4. The van der Waals surface area contributed by atoms with Crippen LogP contribution in [-0.2, 0) is 0 Å². The molecule has 2 nitrogen and oxygen atoms in total. The fourth-order valence-corrected chi connectivity index (χ4v) is 2.88. The van der Waals surface area contributed by atoms with Crippen LogP contribution in [0.15, 0.2) is 18.2 Å². The second kappa shape index (κ2) is 4.93. The molecule has 1 aromatic rings. The molecule has 1 fully saturated rings. The average molecular weight is 246 g/mol. The maximum atomic E-state index is 3.58. The monoisotopic (exact) mass is 246 g/mol. The van der Waals surface area contributed by atoms with E-state index in [-0.39, 0.29) is 5.54 Å². The fourth-order valence-electron chi connectivity index (χ4n) is 2.88. The van der Waals surface area contributed by atoms with Gasteiger partial charge in [0.2, 0.25) is 0 Å². The first-order valence-corrected chi connectivity index (χ1v) is 6.96. The minimum Gasteiger partial charge on any atom is -0.365 e. The number of rotatable bonds is 1. The van der Waals surface area contributed by atoms with Crippen LogP contribution in [0.3, 0.4) is 0 Å². The molecule has 2 rings (SSSR count). The van der Waals surface area contributed by atoms with Gasteiger partial charge in [0.15, 0.2) is 0 Å². The Morgan fingerprint density at radius 1 is 1.28 bits per heavy atom. The van der Waals surface area contributed by atoms with Crippen molar-refractivity contribution in [1.29, 1.82) is 0 Å². The second-order valence-corrected chi connectivity index (χ2v) is 6.45. The lowest BCUT2D eigenvalue weighted by molar-refractivity contribution is 0.459. The van der Waals surface area contributed by atoms with Crippen LogP contribution in [0, 0.1) is 19.8 Å². The van der Waals surface area contributed by atoms with Crippen molar-refractivity contribution in [3.8, 4) is 0 Å². The molecule has 0 aromatic heterocycles. The minimum atomic E-state index is 0.171. The molecule has 0 amide bonds. The van der Waals surface area contributed by atoms with Crippen LogP contribution in [0.25, 0.3) is 0 Å². The van der Waals surface area contributed by atoms with Crippen molar-refractivity contribution < 1.29 is 0 Å². The van der Waals surface area contributed by atoms with Gasteiger partial charge in [-0.15, -0.1) is 0 Å². The first kappa shape index (κ1) is 13.4. The Labute approximate surface area is 111 Å². The van der Waals surface area contributed by atoms with E-state index < -0.39 is 0 Å². The highest BCUT2D eigenvalue weighted by atomic mass is 15.2. The van der Waals surface area contributed by atoms with Gasteiger partial charge in [0.1, 0.15) is 0 Å². The Bertz CT molecular complexity index is 423. The van der Waals surface area contributed by atoms with Crippen LogP contribution in [0.4, 0.5) is 5.69 Å². The molecule has 1 N–H and O–H groups in total. The third kappa shape index (κ3) is 2.69. The Morgan fingerprint density at radius 3 is 2.67 bits per heavy atom. The Balaban J connectivity index is 2.38.